The van der Waals surface area contributed by atoms with Crippen molar-refractivity contribution >= 4 is 11.9 Å². The number of aliphatic carboxylic acids is 1. The number of hydrogen-bond donors (Lipinski definition) is 2. The zero-order chi connectivity index (χ0) is 14.8. The minimum Gasteiger partial charge on any atom is -0.481 e. The van der Waals surface area contributed by atoms with E-state index in [4.69, 9.17) is 0 Å². The van der Waals surface area contributed by atoms with Gasteiger partial charge in [0.25, 0.3) is 5.91 Å². The molecule has 0 radical (unpaired) electrons. The number of rotatable bonds is 4. The van der Waals surface area contributed by atoms with Crippen molar-refractivity contribution in [2.24, 2.45) is 5.41 Å². The Balaban J connectivity index is 2.05. The highest BCUT2D eigenvalue weighted by molar-refractivity contribution is 5.95. The highest BCUT2D eigenvalue weighted by Gasteiger charge is 2.41. The molecule has 1 amide bonds. The Morgan fingerprint density at radius 3 is 2.50 bits per heavy atom. The van der Waals surface area contributed by atoms with Gasteiger partial charge in [-0.15, -0.1) is 0 Å². The van der Waals surface area contributed by atoms with E-state index in [1.807, 2.05) is 13.8 Å². The van der Waals surface area contributed by atoms with Crippen LogP contribution in [0.4, 0.5) is 0 Å². The Morgan fingerprint density at radius 1 is 1.40 bits per heavy atom. The van der Waals surface area contributed by atoms with Crippen LogP contribution in [0.2, 0.25) is 0 Å². The molecule has 0 atom stereocenters. The van der Waals surface area contributed by atoms with Gasteiger partial charge in [-0.1, -0.05) is 13.3 Å². The number of piperidine rings is 1. The second-order valence-electron chi connectivity index (χ2n) is 5.64. The van der Waals surface area contributed by atoms with E-state index in [0.29, 0.717) is 37.9 Å². The lowest BCUT2D eigenvalue weighted by Crippen LogP contribution is -2.46. The van der Waals surface area contributed by atoms with Gasteiger partial charge in [-0.25, -0.2) is 0 Å². The van der Waals surface area contributed by atoms with Crippen molar-refractivity contribution < 1.29 is 14.7 Å². The molecule has 0 saturated carbocycles. The summed E-state index contributed by atoms with van der Waals surface area (Å²) in [5.41, 5.74) is 0.903. The molecule has 2 rings (SSSR count). The molecule has 2 heterocycles. The van der Waals surface area contributed by atoms with Gasteiger partial charge in [0.2, 0.25) is 0 Å². The van der Waals surface area contributed by atoms with Crippen molar-refractivity contribution in [2.75, 3.05) is 13.1 Å². The van der Waals surface area contributed by atoms with E-state index in [-0.39, 0.29) is 5.91 Å². The van der Waals surface area contributed by atoms with Crippen molar-refractivity contribution in [1.82, 2.24) is 9.88 Å². The molecule has 20 heavy (non-hydrogen) atoms. The van der Waals surface area contributed by atoms with Crippen molar-refractivity contribution in [2.45, 2.75) is 39.5 Å². The van der Waals surface area contributed by atoms with Crippen molar-refractivity contribution in [1.29, 1.82) is 0 Å². The summed E-state index contributed by atoms with van der Waals surface area (Å²) in [5.74, 6) is -0.719. The van der Waals surface area contributed by atoms with E-state index in [9.17, 15) is 14.7 Å². The molecule has 0 unspecified atom stereocenters. The fraction of sp³-hybridized carbons (Fsp3) is 0.600. The molecule has 1 aromatic rings. The molecule has 0 aliphatic carbocycles. The minimum absolute atomic E-state index is 0.000706. The van der Waals surface area contributed by atoms with Crippen LogP contribution in [0.3, 0.4) is 0 Å². The van der Waals surface area contributed by atoms with Crippen LogP contribution < -0.4 is 0 Å². The highest BCUT2D eigenvalue weighted by Crippen LogP contribution is 2.36. The number of aromatic nitrogens is 1. The van der Waals surface area contributed by atoms with Crippen molar-refractivity contribution in [3.8, 4) is 0 Å². The molecule has 2 N–H and O–H groups in total. The number of carbonyl (C=O) groups excluding carboxylic acids is 1. The first-order chi connectivity index (χ1) is 9.50. The van der Waals surface area contributed by atoms with E-state index >= 15 is 0 Å². The van der Waals surface area contributed by atoms with Crippen LogP contribution in [-0.2, 0) is 4.79 Å². The first kappa shape index (κ1) is 14.6. The number of carboxylic acids is 1. The number of hydrogen-bond acceptors (Lipinski definition) is 2. The predicted molar refractivity (Wildman–Crippen MR) is 75.6 cm³/mol. The average molecular weight is 278 g/mol. The summed E-state index contributed by atoms with van der Waals surface area (Å²) in [6.07, 6.45) is 4.40. The lowest BCUT2D eigenvalue weighted by molar-refractivity contribution is -0.152. The van der Waals surface area contributed by atoms with Gasteiger partial charge in [0, 0.05) is 25.0 Å². The molecule has 1 fully saturated rings. The molecule has 110 valence electrons. The van der Waals surface area contributed by atoms with Crippen LogP contribution in [0, 0.1) is 12.3 Å². The largest absolute Gasteiger partial charge is 0.481 e. The van der Waals surface area contributed by atoms with Crippen LogP contribution in [0.5, 0.6) is 0 Å². The zero-order valence-electron chi connectivity index (χ0n) is 12.1. The summed E-state index contributed by atoms with van der Waals surface area (Å²) < 4.78 is 0. The number of nitrogens with one attached hydrogen (secondary N) is 1. The number of nitrogens with zero attached hydrogens (tertiary/aromatic N) is 1. The molecule has 1 aliphatic rings. The lowest BCUT2D eigenvalue weighted by Gasteiger charge is -2.38. The maximum atomic E-state index is 12.4. The van der Waals surface area contributed by atoms with Gasteiger partial charge < -0.3 is 15.0 Å². The number of H-pyrrole nitrogens is 1. The standard InChI is InChI=1S/C15H22N2O3/c1-3-5-15(14(19)20)6-9-17(10-7-15)13(18)12-4-8-16-11(12)2/h4,8,16H,3,5-7,9-10H2,1-2H3,(H,19,20). The fourth-order valence-electron chi connectivity index (χ4n) is 3.04. The molecule has 1 saturated heterocycles. The van der Waals surface area contributed by atoms with E-state index in [0.717, 1.165) is 12.1 Å². The predicted octanol–water partition coefficient (Wildman–Crippen LogP) is 2.43. The van der Waals surface area contributed by atoms with Gasteiger partial charge in [-0.3, -0.25) is 9.59 Å². The van der Waals surface area contributed by atoms with Gasteiger partial charge in [-0.2, -0.15) is 0 Å². The normalized spacial score (nSPS) is 18.0. The Kier molecular flexibility index (Phi) is 4.16. The summed E-state index contributed by atoms with van der Waals surface area (Å²) in [5, 5.41) is 9.46. The zero-order valence-corrected chi connectivity index (χ0v) is 12.1. The number of carboxylic acid groups (broad SMARTS) is 1. The van der Waals surface area contributed by atoms with E-state index in [1.54, 1.807) is 17.2 Å². The van der Waals surface area contributed by atoms with Crippen LogP contribution in [0.1, 0.15) is 48.7 Å². The fourth-order valence-corrected chi connectivity index (χ4v) is 3.04. The van der Waals surface area contributed by atoms with Crippen LogP contribution in [-0.4, -0.2) is 40.0 Å². The first-order valence-corrected chi connectivity index (χ1v) is 7.17. The summed E-state index contributed by atoms with van der Waals surface area (Å²) in [6.45, 7) is 4.92. The molecular formula is C15H22N2O3. The Hall–Kier alpha value is -1.78. The summed E-state index contributed by atoms with van der Waals surface area (Å²) >= 11 is 0. The van der Waals surface area contributed by atoms with E-state index < -0.39 is 11.4 Å². The SMILES string of the molecule is CCCC1(C(=O)O)CCN(C(=O)c2cc[nH]c2C)CC1. The maximum Gasteiger partial charge on any atom is 0.309 e. The lowest BCUT2D eigenvalue weighted by atomic mass is 9.75. The molecule has 5 nitrogen and oxygen atoms in total. The highest BCUT2D eigenvalue weighted by atomic mass is 16.4. The molecular weight excluding hydrogens is 256 g/mol. The van der Waals surface area contributed by atoms with Crippen LogP contribution >= 0.6 is 0 Å². The number of likely N-dealkylation sites (tertiary alicyclic amines) is 1. The smallest absolute Gasteiger partial charge is 0.309 e. The molecule has 0 bridgehead atoms. The number of aryl methyl sites for hydroxylation is 1. The third-order valence-electron chi connectivity index (χ3n) is 4.37. The maximum absolute atomic E-state index is 12.4. The summed E-state index contributed by atoms with van der Waals surface area (Å²) in [4.78, 5) is 28.7. The first-order valence-electron chi connectivity index (χ1n) is 7.17. The molecule has 0 aromatic carbocycles. The van der Waals surface area contributed by atoms with Crippen LogP contribution in [0.15, 0.2) is 12.3 Å². The Morgan fingerprint density at radius 2 is 2.05 bits per heavy atom. The number of aromatic amines is 1. The van der Waals surface area contributed by atoms with Crippen LogP contribution in [0.25, 0.3) is 0 Å². The quantitative estimate of drug-likeness (QED) is 0.888. The molecule has 1 aliphatic heterocycles. The van der Waals surface area contributed by atoms with Gasteiger partial charge in [-0.05, 0) is 32.3 Å². The molecule has 1 aromatic heterocycles. The summed E-state index contributed by atoms with van der Waals surface area (Å²) in [7, 11) is 0. The molecule has 0 spiro atoms. The van der Waals surface area contributed by atoms with Crippen molar-refractivity contribution in [3.05, 3.63) is 23.5 Å². The second kappa shape index (κ2) is 5.69. The van der Waals surface area contributed by atoms with Gasteiger partial charge in [0.1, 0.15) is 0 Å². The topological polar surface area (TPSA) is 73.4 Å². The van der Waals surface area contributed by atoms with Gasteiger partial charge in [0.05, 0.1) is 11.0 Å². The Labute approximate surface area is 119 Å². The average Bonchev–Trinajstić information content (AvgIpc) is 2.85. The minimum atomic E-state index is -0.718. The summed E-state index contributed by atoms with van der Waals surface area (Å²) in [6, 6.07) is 1.78. The second-order valence-corrected chi connectivity index (χ2v) is 5.64. The van der Waals surface area contributed by atoms with Gasteiger partial charge in [0.15, 0.2) is 0 Å². The Bertz CT molecular complexity index is 499. The van der Waals surface area contributed by atoms with E-state index in [1.165, 1.54) is 0 Å². The van der Waals surface area contributed by atoms with Gasteiger partial charge >= 0.3 is 5.97 Å². The molecule has 5 heteroatoms. The van der Waals surface area contributed by atoms with Crippen molar-refractivity contribution in [3.63, 3.8) is 0 Å². The van der Waals surface area contributed by atoms with E-state index in [2.05, 4.69) is 4.98 Å². The monoisotopic (exact) mass is 278 g/mol. The third kappa shape index (κ3) is 2.57. The number of carbonyl (C=O) groups is 2. The number of amides is 1. The third-order valence-corrected chi connectivity index (χ3v) is 4.37.